The van der Waals surface area contributed by atoms with Gasteiger partial charge in [0.05, 0.1) is 16.8 Å². The summed E-state index contributed by atoms with van der Waals surface area (Å²) >= 11 is 9.47. The molecule has 0 atom stereocenters. The van der Waals surface area contributed by atoms with Crippen molar-refractivity contribution in [1.29, 1.82) is 0 Å². The largest absolute Gasteiger partial charge is 0.378 e. The molecule has 2 rings (SSSR count). The molecule has 1 heterocycles. The standard InChI is InChI=1S/C14H14BrClN2O/c1-9-4-3-5-10(6-9)7-12-17-11(8-19-2)13(15)14(16)18-12/h3-6H,7-8H2,1-2H3. The third kappa shape index (κ3) is 3.75. The van der Waals surface area contributed by atoms with Gasteiger partial charge in [-0.3, -0.25) is 0 Å². The minimum Gasteiger partial charge on any atom is -0.378 e. The minimum absolute atomic E-state index is 0.406. The van der Waals surface area contributed by atoms with Gasteiger partial charge < -0.3 is 4.74 Å². The van der Waals surface area contributed by atoms with Crippen LogP contribution in [0, 0.1) is 6.92 Å². The Hall–Kier alpha value is -0.970. The number of benzene rings is 1. The molecule has 19 heavy (non-hydrogen) atoms. The Morgan fingerprint density at radius 1 is 1.32 bits per heavy atom. The van der Waals surface area contributed by atoms with E-state index in [1.165, 1.54) is 11.1 Å². The van der Waals surface area contributed by atoms with E-state index in [9.17, 15) is 0 Å². The molecule has 5 heteroatoms. The van der Waals surface area contributed by atoms with Crippen LogP contribution >= 0.6 is 27.5 Å². The number of aryl methyl sites for hydroxylation is 1. The molecule has 0 aliphatic rings. The van der Waals surface area contributed by atoms with Crippen LogP contribution in [-0.2, 0) is 17.8 Å². The molecular formula is C14H14BrClN2O. The van der Waals surface area contributed by atoms with Crippen LogP contribution in [0.3, 0.4) is 0 Å². The number of methoxy groups -OCH3 is 1. The Morgan fingerprint density at radius 2 is 2.11 bits per heavy atom. The molecule has 1 aromatic heterocycles. The maximum Gasteiger partial charge on any atom is 0.147 e. The second kappa shape index (κ2) is 6.46. The van der Waals surface area contributed by atoms with Crippen molar-refractivity contribution in [2.24, 2.45) is 0 Å². The van der Waals surface area contributed by atoms with Gasteiger partial charge in [0.25, 0.3) is 0 Å². The first-order chi connectivity index (χ1) is 9.10. The van der Waals surface area contributed by atoms with E-state index in [-0.39, 0.29) is 0 Å². The molecule has 1 aromatic carbocycles. The van der Waals surface area contributed by atoms with Crippen LogP contribution in [0.1, 0.15) is 22.6 Å². The summed E-state index contributed by atoms with van der Waals surface area (Å²) in [5.74, 6) is 0.700. The number of ether oxygens (including phenoxy) is 1. The first-order valence-electron chi connectivity index (χ1n) is 5.85. The third-order valence-corrected chi connectivity index (χ3v) is 3.99. The molecule has 0 fully saturated rings. The van der Waals surface area contributed by atoms with Gasteiger partial charge in [-0.1, -0.05) is 41.4 Å². The van der Waals surface area contributed by atoms with Crippen LogP contribution in [0.4, 0.5) is 0 Å². The molecule has 0 radical (unpaired) electrons. The molecule has 100 valence electrons. The van der Waals surface area contributed by atoms with Gasteiger partial charge in [-0.2, -0.15) is 0 Å². The van der Waals surface area contributed by atoms with Gasteiger partial charge in [-0.05, 0) is 28.4 Å². The van der Waals surface area contributed by atoms with Crippen molar-refractivity contribution in [2.75, 3.05) is 7.11 Å². The molecule has 2 aromatic rings. The van der Waals surface area contributed by atoms with Gasteiger partial charge in [0.1, 0.15) is 11.0 Å². The first kappa shape index (κ1) is 14.4. The predicted octanol–water partition coefficient (Wildman–Crippen LogP) is 3.94. The Bertz CT molecular complexity index is 590. The topological polar surface area (TPSA) is 35.0 Å². The molecule has 0 bridgehead atoms. The summed E-state index contributed by atoms with van der Waals surface area (Å²) in [4.78, 5) is 8.77. The maximum atomic E-state index is 6.10. The van der Waals surface area contributed by atoms with Crippen LogP contribution in [0.15, 0.2) is 28.7 Å². The highest BCUT2D eigenvalue weighted by molar-refractivity contribution is 9.10. The molecule has 0 spiro atoms. The van der Waals surface area contributed by atoms with Crippen LogP contribution in [-0.4, -0.2) is 17.1 Å². The van der Waals surface area contributed by atoms with E-state index in [4.69, 9.17) is 16.3 Å². The van der Waals surface area contributed by atoms with Crippen LogP contribution in [0.5, 0.6) is 0 Å². The molecule has 0 aliphatic carbocycles. The van der Waals surface area contributed by atoms with Crippen LogP contribution < -0.4 is 0 Å². The van der Waals surface area contributed by atoms with Gasteiger partial charge in [-0.25, -0.2) is 9.97 Å². The Morgan fingerprint density at radius 3 is 2.79 bits per heavy atom. The fourth-order valence-corrected chi connectivity index (χ4v) is 2.33. The van der Waals surface area contributed by atoms with E-state index in [1.54, 1.807) is 7.11 Å². The van der Waals surface area contributed by atoms with Crippen molar-refractivity contribution < 1.29 is 4.74 Å². The number of rotatable bonds is 4. The molecule has 0 unspecified atom stereocenters. The van der Waals surface area contributed by atoms with Crippen molar-refractivity contribution in [3.8, 4) is 0 Å². The lowest BCUT2D eigenvalue weighted by molar-refractivity contribution is 0.180. The first-order valence-corrected chi connectivity index (χ1v) is 7.02. The highest BCUT2D eigenvalue weighted by Gasteiger charge is 2.11. The highest BCUT2D eigenvalue weighted by Crippen LogP contribution is 2.24. The van der Waals surface area contributed by atoms with Gasteiger partial charge in [0.2, 0.25) is 0 Å². The summed E-state index contributed by atoms with van der Waals surface area (Å²) in [5, 5.41) is 0.421. The average molecular weight is 342 g/mol. The maximum absolute atomic E-state index is 6.10. The lowest BCUT2D eigenvalue weighted by Crippen LogP contribution is -2.04. The van der Waals surface area contributed by atoms with Crippen molar-refractivity contribution in [2.45, 2.75) is 20.0 Å². The van der Waals surface area contributed by atoms with E-state index in [0.717, 1.165) is 5.69 Å². The fourth-order valence-electron chi connectivity index (χ4n) is 1.83. The summed E-state index contributed by atoms with van der Waals surface area (Å²) < 4.78 is 5.81. The molecule has 0 saturated heterocycles. The van der Waals surface area contributed by atoms with Crippen molar-refractivity contribution >= 4 is 27.5 Å². The number of halogens is 2. The van der Waals surface area contributed by atoms with Crippen LogP contribution in [0.2, 0.25) is 5.15 Å². The minimum atomic E-state index is 0.406. The van der Waals surface area contributed by atoms with Gasteiger partial charge >= 0.3 is 0 Å². The zero-order valence-corrected chi connectivity index (χ0v) is 13.1. The lowest BCUT2D eigenvalue weighted by atomic mass is 10.1. The molecule has 0 aliphatic heterocycles. The molecule has 0 N–H and O–H groups in total. The molecule has 0 saturated carbocycles. The lowest BCUT2D eigenvalue weighted by Gasteiger charge is -2.08. The van der Waals surface area contributed by atoms with E-state index >= 15 is 0 Å². The average Bonchev–Trinajstić information content (AvgIpc) is 2.35. The summed E-state index contributed by atoms with van der Waals surface area (Å²) in [5.41, 5.74) is 3.16. The van der Waals surface area contributed by atoms with Gasteiger partial charge in [-0.15, -0.1) is 0 Å². The highest BCUT2D eigenvalue weighted by atomic mass is 79.9. The summed E-state index contributed by atoms with van der Waals surface area (Å²) in [7, 11) is 1.63. The zero-order valence-electron chi connectivity index (χ0n) is 10.8. The Balaban J connectivity index is 2.30. The van der Waals surface area contributed by atoms with Crippen LogP contribution in [0.25, 0.3) is 0 Å². The van der Waals surface area contributed by atoms with Crippen molar-refractivity contribution in [3.05, 3.63) is 56.5 Å². The van der Waals surface area contributed by atoms with E-state index < -0.39 is 0 Å². The normalized spacial score (nSPS) is 10.7. The number of hydrogen-bond acceptors (Lipinski definition) is 3. The molecular weight excluding hydrogens is 328 g/mol. The monoisotopic (exact) mass is 340 g/mol. The number of nitrogens with zero attached hydrogens (tertiary/aromatic N) is 2. The number of aromatic nitrogens is 2. The van der Waals surface area contributed by atoms with E-state index in [0.29, 0.717) is 28.5 Å². The SMILES string of the molecule is COCc1nc(Cc2cccc(C)c2)nc(Cl)c1Br. The zero-order chi connectivity index (χ0) is 13.8. The van der Waals surface area contributed by atoms with Gasteiger partial charge in [0.15, 0.2) is 0 Å². The smallest absolute Gasteiger partial charge is 0.147 e. The second-order valence-corrected chi connectivity index (χ2v) is 5.44. The summed E-state index contributed by atoms with van der Waals surface area (Å²) in [6.45, 7) is 2.47. The Labute approximate surface area is 126 Å². The second-order valence-electron chi connectivity index (χ2n) is 4.29. The third-order valence-electron chi connectivity index (χ3n) is 2.65. The summed E-state index contributed by atoms with van der Waals surface area (Å²) in [6, 6.07) is 8.27. The molecule has 0 amide bonds. The Kier molecular flexibility index (Phi) is 4.91. The molecule has 3 nitrogen and oxygen atoms in total. The van der Waals surface area contributed by atoms with E-state index in [2.05, 4.69) is 51.0 Å². The summed E-state index contributed by atoms with van der Waals surface area (Å²) in [6.07, 6.45) is 0.658. The number of hydrogen-bond donors (Lipinski definition) is 0. The fraction of sp³-hybridized carbons (Fsp3) is 0.286. The van der Waals surface area contributed by atoms with Crippen molar-refractivity contribution in [3.63, 3.8) is 0 Å². The van der Waals surface area contributed by atoms with Crippen molar-refractivity contribution in [1.82, 2.24) is 9.97 Å². The quantitative estimate of drug-likeness (QED) is 0.790. The van der Waals surface area contributed by atoms with E-state index in [1.807, 2.05) is 6.07 Å². The van der Waals surface area contributed by atoms with Gasteiger partial charge in [0, 0.05) is 13.5 Å². The predicted molar refractivity (Wildman–Crippen MR) is 79.4 cm³/mol.